The van der Waals surface area contributed by atoms with Gasteiger partial charge in [0.15, 0.2) is 0 Å². The Morgan fingerprint density at radius 1 is 1.05 bits per heavy atom. The van der Waals surface area contributed by atoms with Crippen molar-refractivity contribution in [3.05, 3.63) is 35.4 Å². The van der Waals surface area contributed by atoms with E-state index in [2.05, 4.69) is 38.1 Å². The Morgan fingerprint density at radius 3 is 2.10 bits per heavy atom. The number of rotatable bonds is 2. The van der Waals surface area contributed by atoms with Crippen LogP contribution < -0.4 is 5.73 Å². The van der Waals surface area contributed by atoms with Crippen LogP contribution in [-0.4, -0.2) is 17.3 Å². The van der Waals surface area contributed by atoms with Crippen LogP contribution in [0.3, 0.4) is 0 Å². The van der Waals surface area contributed by atoms with Crippen LogP contribution in [0, 0.1) is 10.8 Å². The predicted molar refractivity (Wildman–Crippen MR) is 82.5 cm³/mol. The van der Waals surface area contributed by atoms with Crippen LogP contribution in [0.2, 0.25) is 0 Å². The van der Waals surface area contributed by atoms with Crippen molar-refractivity contribution in [3.8, 4) is 0 Å². The van der Waals surface area contributed by atoms with Crippen molar-refractivity contribution < 1.29 is 5.11 Å². The van der Waals surface area contributed by atoms with Crippen molar-refractivity contribution in [2.45, 2.75) is 58.0 Å². The van der Waals surface area contributed by atoms with Gasteiger partial charge in [0.25, 0.3) is 0 Å². The van der Waals surface area contributed by atoms with E-state index < -0.39 is 5.60 Å². The first-order chi connectivity index (χ1) is 9.44. The standard InChI is InChI=1S/C18H27NO/c1-16(2)9-5-6-10-18(16,20)17(13-19)11-14-7-3-4-8-15(14)12-17/h3-4,7-8,20H,5-6,9-13,19H2,1-2H3. The summed E-state index contributed by atoms with van der Waals surface area (Å²) in [7, 11) is 0. The lowest BCUT2D eigenvalue weighted by Crippen LogP contribution is -2.62. The Bertz CT molecular complexity index is 483. The second kappa shape index (κ2) is 4.57. The fourth-order valence-corrected chi connectivity index (χ4v) is 4.78. The molecule has 1 unspecified atom stereocenters. The van der Waals surface area contributed by atoms with Gasteiger partial charge >= 0.3 is 0 Å². The van der Waals surface area contributed by atoms with Gasteiger partial charge in [0, 0.05) is 12.0 Å². The minimum Gasteiger partial charge on any atom is -0.389 e. The largest absolute Gasteiger partial charge is 0.389 e. The summed E-state index contributed by atoms with van der Waals surface area (Å²) in [5.74, 6) is 0. The molecule has 0 spiro atoms. The second-order valence-corrected chi connectivity index (χ2v) is 7.56. The summed E-state index contributed by atoms with van der Waals surface area (Å²) in [6.45, 7) is 5.03. The fourth-order valence-electron chi connectivity index (χ4n) is 4.78. The lowest BCUT2D eigenvalue weighted by Gasteiger charge is -2.56. The van der Waals surface area contributed by atoms with E-state index in [1.165, 1.54) is 17.5 Å². The van der Waals surface area contributed by atoms with E-state index in [9.17, 15) is 5.11 Å². The van der Waals surface area contributed by atoms with Crippen molar-refractivity contribution in [1.29, 1.82) is 0 Å². The Hall–Kier alpha value is -0.860. The second-order valence-electron chi connectivity index (χ2n) is 7.56. The molecule has 2 aliphatic carbocycles. The molecule has 1 aromatic rings. The van der Waals surface area contributed by atoms with Gasteiger partial charge in [0.2, 0.25) is 0 Å². The Morgan fingerprint density at radius 2 is 1.60 bits per heavy atom. The molecule has 1 atom stereocenters. The number of aliphatic hydroxyl groups is 1. The molecule has 2 nitrogen and oxygen atoms in total. The van der Waals surface area contributed by atoms with Gasteiger partial charge in [-0.05, 0) is 42.2 Å². The molecular weight excluding hydrogens is 246 g/mol. The van der Waals surface area contributed by atoms with Crippen molar-refractivity contribution in [2.75, 3.05) is 6.54 Å². The third-order valence-corrected chi connectivity index (χ3v) is 6.15. The maximum absolute atomic E-state index is 11.6. The molecule has 3 rings (SSSR count). The highest BCUT2D eigenvalue weighted by molar-refractivity contribution is 5.37. The van der Waals surface area contributed by atoms with Gasteiger partial charge in [-0.15, -0.1) is 0 Å². The summed E-state index contributed by atoms with van der Waals surface area (Å²) in [5, 5.41) is 11.6. The maximum atomic E-state index is 11.6. The molecular formula is C18H27NO. The monoisotopic (exact) mass is 273 g/mol. The normalized spacial score (nSPS) is 31.0. The van der Waals surface area contributed by atoms with E-state index in [0.29, 0.717) is 6.54 Å². The fraction of sp³-hybridized carbons (Fsp3) is 0.667. The quantitative estimate of drug-likeness (QED) is 0.870. The Kier molecular flexibility index (Phi) is 3.22. The van der Waals surface area contributed by atoms with Gasteiger partial charge < -0.3 is 10.8 Å². The maximum Gasteiger partial charge on any atom is 0.0772 e. The van der Waals surface area contributed by atoms with Gasteiger partial charge in [0.05, 0.1) is 5.60 Å². The summed E-state index contributed by atoms with van der Waals surface area (Å²) in [5.41, 5.74) is 8.11. The lowest BCUT2D eigenvalue weighted by molar-refractivity contribution is -0.178. The summed E-state index contributed by atoms with van der Waals surface area (Å²) in [4.78, 5) is 0. The first kappa shape index (κ1) is 14.1. The third-order valence-electron chi connectivity index (χ3n) is 6.15. The smallest absolute Gasteiger partial charge is 0.0772 e. The van der Waals surface area contributed by atoms with Gasteiger partial charge in [-0.25, -0.2) is 0 Å². The van der Waals surface area contributed by atoms with Gasteiger partial charge in [-0.1, -0.05) is 51.0 Å². The van der Waals surface area contributed by atoms with Crippen LogP contribution in [0.4, 0.5) is 0 Å². The van der Waals surface area contributed by atoms with Crippen molar-refractivity contribution in [1.82, 2.24) is 0 Å². The Labute approximate surface area is 122 Å². The summed E-state index contributed by atoms with van der Waals surface area (Å²) in [6, 6.07) is 8.60. The minimum atomic E-state index is -0.647. The van der Waals surface area contributed by atoms with E-state index in [-0.39, 0.29) is 10.8 Å². The molecule has 2 aliphatic rings. The van der Waals surface area contributed by atoms with Crippen molar-refractivity contribution in [3.63, 3.8) is 0 Å². The van der Waals surface area contributed by atoms with Crippen molar-refractivity contribution in [2.24, 2.45) is 16.6 Å². The molecule has 1 aromatic carbocycles. The number of benzene rings is 1. The van der Waals surface area contributed by atoms with Crippen LogP contribution in [0.5, 0.6) is 0 Å². The van der Waals surface area contributed by atoms with Crippen LogP contribution in [0.1, 0.15) is 50.7 Å². The highest BCUT2D eigenvalue weighted by atomic mass is 16.3. The third kappa shape index (κ3) is 1.78. The van der Waals surface area contributed by atoms with Crippen LogP contribution >= 0.6 is 0 Å². The summed E-state index contributed by atoms with van der Waals surface area (Å²) in [6.07, 6.45) is 6.20. The molecule has 110 valence electrons. The molecule has 20 heavy (non-hydrogen) atoms. The molecule has 0 saturated heterocycles. The van der Waals surface area contributed by atoms with Gasteiger partial charge in [0.1, 0.15) is 0 Å². The number of nitrogens with two attached hydrogens (primary N) is 1. The van der Waals surface area contributed by atoms with E-state index in [4.69, 9.17) is 5.73 Å². The topological polar surface area (TPSA) is 46.2 Å². The van der Waals surface area contributed by atoms with Crippen LogP contribution in [-0.2, 0) is 12.8 Å². The molecule has 0 amide bonds. The zero-order chi connectivity index (χ0) is 14.4. The van der Waals surface area contributed by atoms with E-state index >= 15 is 0 Å². The van der Waals surface area contributed by atoms with Crippen LogP contribution in [0.15, 0.2) is 24.3 Å². The Balaban J connectivity index is 2.03. The van der Waals surface area contributed by atoms with Gasteiger partial charge in [-0.3, -0.25) is 0 Å². The average Bonchev–Trinajstić information content (AvgIpc) is 2.82. The van der Waals surface area contributed by atoms with Crippen molar-refractivity contribution >= 4 is 0 Å². The number of fused-ring (bicyclic) bond motifs is 1. The first-order valence-electron chi connectivity index (χ1n) is 7.93. The average molecular weight is 273 g/mol. The minimum absolute atomic E-state index is 0.0489. The summed E-state index contributed by atoms with van der Waals surface area (Å²) < 4.78 is 0. The SMILES string of the molecule is CC1(C)CCCCC1(O)C1(CN)Cc2ccccc2C1. The molecule has 0 aromatic heterocycles. The molecule has 0 radical (unpaired) electrons. The highest BCUT2D eigenvalue weighted by Gasteiger charge is 2.59. The molecule has 0 bridgehead atoms. The highest BCUT2D eigenvalue weighted by Crippen LogP contribution is 2.57. The predicted octanol–water partition coefficient (Wildman–Crippen LogP) is 3.06. The van der Waals surface area contributed by atoms with Crippen LogP contribution in [0.25, 0.3) is 0 Å². The molecule has 1 fully saturated rings. The molecule has 0 heterocycles. The van der Waals surface area contributed by atoms with E-state index in [1.54, 1.807) is 0 Å². The molecule has 2 heteroatoms. The zero-order valence-corrected chi connectivity index (χ0v) is 12.8. The molecule has 3 N–H and O–H groups in total. The van der Waals surface area contributed by atoms with Gasteiger partial charge in [-0.2, -0.15) is 0 Å². The molecule has 0 aliphatic heterocycles. The zero-order valence-electron chi connectivity index (χ0n) is 12.8. The first-order valence-corrected chi connectivity index (χ1v) is 7.93. The lowest BCUT2D eigenvalue weighted by atomic mass is 9.53. The van der Waals surface area contributed by atoms with E-state index in [1.807, 2.05) is 0 Å². The number of hydrogen-bond donors (Lipinski definition) is 2. The molecule has 1 saturated carbocycles. The van der Waals surface area contributed by atoms with E-state index in [0.717, 1.165) is 32.1 Å². The number of hydrogen-bond acceptors (Lipinski definition) is 2. The summed E-state index contributed by atoms with van der Waals surface area (Å²) >= 11 is 0.